The molecule has 8 nitrogen and oxygen atoms in total. The summed E-state index contributed by atoms with van der Waals surface area (Å²) in [5, 5.41) is 11.0. The van der Waals surface area contributed by atoms with E-state index in [1.54, 1.807) is 0 Å². The lowest BCUT2D eigenvalue weighted by Gasteiger charge is -2.19. The molecule has 1 fully saturated rings. The Morgan fingerprint density at radius 1 is 1.45 bits per heavy atom. The van der Waals surface area contributed by atoms with Crippen LogP contribution in [0.25, 0.3) is 0 Å². The highest BCUT2D eigenvalue weighted by atomic mass is 32.2. The molecule has 0 bridgehead atoms. The van der Waals surface area contributed by atoms with E-state index in [-0.39, 0.29) is 28.3 Å². The smallest absolute Gasteiger partial charge is 0.312 e. The van der Waals surface area contributed by atoms with E-state index in [1.807, 2.05) is 0 Å². The Kier molecular flexibility index (Phi) is 4.99. The highest BCUT2D eigenvalue weighted by Gasteiger charge is 2.31. The van der Waals surface area contributed by atoms with Gasteiger partial charge in [-0.05, 0) is 37.4 Å². The van der Waals surface area contributed by atoms with Crippen molar-refractivity contribution in [3.63, 3.8) is 0 Å². The van der Waals surface area contributed by atoms with Crippen LogP contribution >= 0.6 is 0 Å². The molecule has 0 heterocycles. The summed E-state index contributed by atoms with van der Waals surface area (Å²) < 4.78 is 32.3. The predicted molar refractivity (Wildman–Crippen MR) is 80.2 cm³/mol. The molecule has 0 aromatic heterocycles. The van der Waals surface area contributed by atoms with E-state index in [0.717, 1.165) is 25.3 Å². The van der Waals surface area contributed by atoms with Crippen LogP contribution in [0.5, 0.6) is 5.75 Å². The Morgan fingerprint density at radius 2 is 2.18 bits per heavy atom. The van der Waals surface area contributed by atoms with E-state index in [4.69, 9.17) is 10.5 Å². The number of methoxy groups -OCH3 is 1. The Bertz CT molecular complexity index is 662. The molecule has 1 aliphatic rings. The minimum Gasteiger partial charge on any atom is -0.490 e. The highest BCUT2D eigenvalue weighted by molar-refractivity contribution is 7.89. The number of nitrogens with one attached hydrogen (secondary N) is 1. The molecule has 1 aromatic rings. The Balaban J connectivity index is 2.29. The van der Waals surface area contributed by atoms with Crippen LogP contribution in [0.2, 0.25) is 0 Å². The fourth-order valence-electron chi connectivity index (χ4n) is 2.72. The van der Waals surface area contributed by atoms with Gasteiger partial charge in [0.2, 0.25) is 10.0 Å². The van der Waals surface area contributed by atoms with Crippen molar-refractivity contribution < 1.29 is 18.1 Å². The first-order valence-corrected chi connectivity index (χ1v) is 8.42. The lowest BCUT2D eigenvalue weighted by atomic mass is 10.1. The van der Waals surface area contributed by atoms with E-state index in [1.165, 1.54) is 19.2 Å². The summed E-state index contributed by atoms with van der Waals surface area (Å²) in [5.74, 6) is 0.118. The molecule has 2 rings (SSSR count). The van der Waals surface area contributed by atoms with Gasteiger partial charge in [-0.25, -0.2) is 13.1 Å². The van der Waals surface area contributed by atoms with Gasteiger partial charge in [-0.15, -0.1) is 0 Å². The zero-order valence-electron chi connectivity index (χ0n) is 12.2. The van der Waals surface area contributed by atoms with Crippen molar-refractivity contribution in [3.8, 4) is 5.75 Å². The van der Waals surface area contributed by atoms with Crippen molar-refractivity contribution >= 4 is 15.7 Å². The number of rotatable bonds is 6. The number of hydrogen-bond acceptors (Lipinski definition) is 6. The fourth-order valence-corrected chi connectivity index (χ4v) is 4.08. The molecular formula is C13H19N3O5S. The number of sulfonamides is 1. The third kappa shape index (κ3) is 3.37. The summed E-state index contributed by atoms with van der Waals surface area (Å²) >= 11 is 0. The van der Waals surface area contributed by atoms with E-state index < -0.39 is 14.9 Å². The van der Waals surface area contributed by atoms with Gasteiger partial charge in [-0.3, -0.25) is 10.1 Å². The van der Waals surface area contributed by atoms with Crippen LogP contribution in [0.1, 0.15) is 19.3 Å². The second kappa shape index (κ2) is 6.59. The summed E-state index contributed by atoms with van der Waals surface area (Å²) in [6.07, 6.45) is 2.52. The monoisotopic (exact) mass is 329 g/mol. The number of nitrogens with two attached hydrogens (primary N) is 1. The van der Waals surface area contributed by atoms with Crippen molar-refractivity contribution in [2.45, 2.75) is 30.2 Å². The van der Waals surface area contributed by atoms with E-state index in [9.17, 15) is 18.5 Å². The molecule has 2 atom stereocenters. The van der Waals surface area contributed by atoms with Gasteiger partial charge in [0.1, 0.15) is 0 Å². The van der Waals surface area contributed by atoms with Crippen LogP contribution in [0.3, 0.4) is 0 Å². The van der Waals surface area contributed by atoms with Gasteiger partial charge >= 0.3 is 5.69 Å². The van der Waals surface area contributed by atoms with Crippen molar-refractivity contribution in [3.05, 3.63) is 28.3 Å². The zero-order valence-corrected chi connectivity index (χ0v) is 13.0. The number of nitro benzene ring substituents is 1. The third-order valence-electron chi connectivity index (χ3n) is 3.93. The average Bonchev–Trinajstić information content (AvgIpc) is 2.92. The van der Waals surface area contributed by atoms with Crippen LogP contribution in [0.4, 0.5) is 5.69 Å². The quantitative estimate of drug-likeness (QED) is 0.593. The van der Waals surface area contributed by atoms with Crippen molar-refractivity contribution in [1.82, 2.24) is 4.72 Å². The van der Waals surface area contributed by atoms with E-state index in [0.29, 0.717) is 6.54 Å². The average molecular weight is 329 g/mol. The van der Waals surface area contributed by atoms with Gasteiger partial charge in [0.15, 0.2) is 5.75 Å². The van der Waals surface area contributed by atoms with Crippen LogP contribution in [0.15, 0.2) is 23.1 Å². The first-order chi connectivity index (χ1) is 10.4. The minimum atomic E-state index is -3.83. The second-order valence-electron chi connectivity index (χ2n) is 5.25. The molecule has 1 aromatic carbocycles. The highest BCUT2D eigenvalue weighted by Crippen LogP contribution is 2.31. The lowest BCUT2D eigenvalue weighted by Crippen LogP contribution is -2.39. The molecule has 22 heavy (non-hydrogen) atoms. The van der Waals surface area contributed by atoms with E-state index >= 15 is 0 Å². The summed E-state index contributed by atoms with van der Waals surface area (Å²) in [4.78, 5) is 10.2. The van der Waals surface area contributed by atoms with Gasteiger partial charge in [-0.1, -0.05) is 6.42 Å². The molecule has 122 valence electrons. The predicted octanol–water partition coefficient (Wildman–Crippen LogP) is 1.01. The molecule has 0 spiro atoms. The van der Waals surface area contributed by atoms with Gasteiger partial charge in [0, 0.05) is 12.1 Å². The molecule has 0 amide bonds. The fraction of sp³-hybridized carbons (Fsp3) is 0.538. The lowest BCUT2D eigenvalue weighted by molar-refractivity contribution is -0.386. The maximum atomic E-state index is 12.4. The van der Waals surface area contributed by atoms with Gasteiger partial charge in [-0.2, -0.15) is 0 Å². The first kappa shape index (κ1) is 16.7. The van der Waals surface area contributed by atoms with Gasteiger partial charge in [0.05, 0.1) is 16.9 Å². The molecule has 0 radical (unpaired) electrons. The van der Waals surface area contributed by atoms with Crippen LogP contribution in [-0.4, -0.2) is 33.0 Å². The zero-order chi connectivity index (χ0) is 16.3. The standard InChI is InChI=1S/C13H19N3O5S/c1-21-13-6-5-10(7-12(13)16(17)18)22(19,20)15-11-4-2-3-9(11)8-14/h5-7,9,11,15H,2-4,8,14H2,1H3. The maximum Gasteiger partial charge on any atom is 0.312 e. The number of ether oxygens (including phenoxy) is 1. The topological polar surface area (TPSA) is 125 Å². The molecular weight excluding hydrogens is 310 g/mol. The minimum absolute atomic E-state index is 0.0182. The van der Waals surface area contributed by atoms with E-state index in [2.05, 4.69) is 4.72 Å². The number of nitrogens with zero attached hydrogens (tertiary/aromatic N) is 1. The molecule has 3 N–H and O–H groups in total. The van der Waals surface area contributed by atoms with Crippen LogP contribution in [-0.2, 0) is 10.0 Å². The van der Waals surface area contributed by atoms with Crippen molar-refractivity contribution in [1.29, 1.82) is 0 Å². The number of nitro groups is 1. The summed E-state index contributed by atoms with van der Waals surface area (Å²) in [5.41, 5.74) is 5.26. The molecule has 1 aliphatic carbocycles. The second-order valence-corrected chi connectivity index (χ2v) is 6.96. The molecule has 0 aliphatic heterocycles. The normalized spacial score (nSPS) is 21.7. The number of benzene rings is 1. The Labute approximate surface area is 128 Å². The third-order valence-corrected chi connectivity index (χ3v) is 5.41. The van der Waals surface area contributed by atoms with Crippen molar-refractivity contribution in [2.75, 3.05) is 13.7 Å². The Morgan fingerprint density at radius 3 is 2.77 bits per heavy atom. The van der Waals surface area contributed by atoms with Gasteiger partial charge < -0.3 is 10.5 Å². The molecule has 9 heteroatoms. The van der Waals surface area contributed by atoms with Gasteiger partial charge in [0.25, 0.3) is 0 Å². The first-order valence-electron chi connectivity index (χ1n) is 6.94. The summed E-state index contributed by atoms with van der Waals surface area (Å²) in [6.45, 7) is 0.413. The molecule has 1 saturated carbocycles. The summed E-state index contributed by atoms with van der Waals surface area (Å²) in [7, 11) is -2.54. The largest absolute Gasteiger partial charge is 0.490 e. The van der Waals surface area contributed by atoms with Crippen LogP contribution in [0, 0.1) is 16.0 Å². The Hall–Kier alpha value is -1.71. The van der Waals surface area contributed by atoms with Crippen LogP contribution < -0.4 is 15.2 Å². The maximum absolute atomic E-state index is 12.4. The summed E-state index contributed by atoms with van der Waals surface area (Å²) in [6, 6.07) is 3.35. The van der Waals surface area contributed by atoms with Crippen molar-refractivity contribution in [2.24, 2.45) is 11.7 Å². The number of hydrogen-bond donors (Lipinski definition) is 2. The molecule has 0 saturated heterocycles. The SMILES string of the molecule is COc1ccc(S(=O)(=O)NC2CCCC2CN)cc1[N+](=O)[O-]. The molecule has 2 unspecified atom stereocenters.